The number of anilines is 1. The summed E-state index contributed by atoms with van der Waals surface area (Å²) in [5.41, 5.74) is 1.99. The van der Waals surface area contributed by atoms with Crippen LogP contribution in [0.3, 0.4) is 0 Å². The quantitative estimate of drug-likeness (QED) is 0.854. The summed E-state index contributed by atoms with van der Waals surface area (Å²) in [6.45, 7) is -0.0457. The second kappa shape index (κ2) is 6.24. The number of amides is 1. The Kier molecular flexibility index (Phi) is 4.60. The molecule has 0 bridgehead atoms. The molecule has 1 aliphatic rings. The second-order valence-corrected chi connectivity index (χ2v) is 4.82. The van der Waals surface area contributed by atoms with E-state index in [9.17, 15) is 9.18 Å². The van der Waals surface area contributed by atoms with Gasteiger partial charge in [0.1, 0.15) is 12.4 Å². The maximum absolute atomic E-state index is 14.0. The lowest BCUT2D eigenvalue weighted by atomic mass is 10.0. The molecule has 3 nitrogen and oxygen atoms in total. The zero-order valence-corrected chi connectivity index (χ0v) is 12.3. The van der Waals surface area contributed by atoms with E-state index in [-0.39, 0.29) is 30.7 Å². The van der Waals surface area contributed by atoms with Crippen molar-refractivity contribution in [2.24, 2.45) is 4.99 Å². The maximum atomic E-state index is 14.0. The number of aliphatic imine (C=N–C) groups is 1. The topological polar surface area (TPSA) is 41.5 Å². The van der Waals surface area contributed by atoms with Gasteiger partial charge in [-0.15, -0.1) is 12.4 Å². The number of benzene rings is 2. The van der Waals surface area contributed by atoms with Crippen LogP contribution in [0.15, 0.2) is 47.5 Å². The minimum Gasteiger partial charge on any atom is -0.324 e. The van der Waals surface area contributed by atoms with E-state index in [1.54, 1.807) is 36.4 Å². The van der Waals surface area contributed by atoms with Crippen molar-refractivity contribution in [3.8, 4) is 0 Å². The number of rotatable bonds is 1. The number of hydrogen-bond donors (Lipinski definition) is 1. The molecule has 1 N–H and O–H groups in total. The molecule has 0 radical (unpaired) electrons. The first kappa shape index (κ1) is 15.5. The Balaban J connectivity index is 0.00000161. The van der Waals surface area contributed by atoms with E-state index in [1.165, 1.54) is 6.07 Å². The highest BCUT2D eigenvalue weighted by atomic mass is 35.5. The third kappa shape index (κ3) is 3.06. The van der Waals surface area contributed by atoms with Crippen molar-refractivity contribution >= 4 is 41.3 Å². The maximum Gasteiger partial charge on any atom is 0.246 e. The molecule has 0 aromatic heterocycles. The monoisotopic (exact) mass is 324 g/mol. The first-order valence-electron chi connectivity index (χ1n) is 6.04. The Labute approximate surface area is 132 Å². The largest absolute Gasteiger partial charge is 0.324 e. The lowest BCUT2D eigenvalue weighted by molar-refractivity contribution is -0.114. The van der Waals surface area contributed by atoms with Crippen molar-refractivity contribution in [2.75, 3.05) is 11.9 Å². The van der Waals surface area contributed by atoms with Crippen molar-refractivity contribution in [2.45, 2.75) is 0 Å². The fourth-order valence-corrected chi connectivity index (χ4v) is 2.30. The summed E-state index contributed by atoms with van der Waals surface area (Å²) in [7, 11) is 0. The summed E-state index contributed by atoms with van der Waals surface area (Å²) >= 11 is 6.00. The van der Waals surface area contributed by atoms with Crippen LogP contribution in [0.5, 0.6) is 0 Å². The molecule has 21 heavy (non-hydrogen) atoms. The normalized spacial score (nSPS) is 13.4. The second-order valence-electron chi connectivity index (χ2n) is 4.38. The lowest BCUT2D eigenvalue weighted by Crippen LogP contribution is -2.13. The van der Waals surface area contributed by atoms with E-state index >= 15 is 0 Å². The van der Waals surface area contributed by atoms with Crippen LogP contribution in [0, 0.1) is 5.82 Å². The van der Waals surface area contributed by atoms with Gasteiger partial charge >= 0.3 is 0 Å². The Morgan fingerprint density at radius 2 is 1.90 bits per heavy atom. The molecule has 108 valence electrons. The van der Waals surface area contributed by atoms with Gasteiger partial charge in [-0.3, -0.25) is 9.79 Å². The van der Waals surface area contributed by atoms with Gasteiger partial charge in [-0.25, -0.2) is 4.39 Å². The molecule has 2 aromatic rings. The summed E-state index contributed by atoms with van der Waals surface area (Å²) in [4.78, 5) is 15.9. The van der Waals surface area contributed by atoms with E-state index < -0.39 is 0 Å². The Morgan fingerprint density at radius 3 is 2.67 bits per heavy atom. The van der Waals surface area contributed by atoms with Crippen molar-refractivity contribution in [3.63, 3.8) is 0 Å². The molecule has 0 spiro atoms. The fourth-order valence-electron chi connectivity index (χ4n) is 2.13. The number of halogens is 3. The minimum atomic E-state index is -0.383. The summed E-state index contributed by atoms with van der Waals surface area (Å²) in [6.07, 6.45) is 0. The van der Waals surface area contributed by atoms with Crippen molar-refractivity contribution in [3.05, 3.63) is 64.4 Å². The van der Waals surface area contributed by atoms with E-state index in [0.717, 1.165) is 0 Å². The summed E-state index contributed by atoms with van der Waals surface area (Å²) < 4.78 is 14.0. The van der Waals surface area contributed by atoms with Gasteiger partial charge in [-0.1, -0.05) is 23.7 Å². The molecular weight excluding hydrogens is 314 g/mol. The molecular formula is C15H11Cl2FN2O. The Morgan fingerprint density at radius 1 is 1.14 bits per heavy atom. The van der Waals surface area contributed by atoms with Gasteiger partial charge < -0.3 is 5.32 Å². The van der Waals surface area contributed by atoms with Gasteiger partial charge in [-0.2, -0.15) is 0 Å². The highest BCUT2D eigenvalue weighted by molar-refractivity contribution is 6.32. The highest BCUT2D eigenvalue weighted by Crippen LogP contribution is 2.26. The van der Waals surface area contributed by atoms with E-state index in [4.69, 9.17) is 11.6 Å². The molecule has 0 atom stereocenters. The average Bonchev–Trinajstić information content (AvgIpc) is 2.58. The van der Waals surface area contributed by atoms with Crippen LogP contribution in [0.25, 0.3) is 0 Å². The number of hydrogen-bond acceptors (Lipinski definition) is 2. The number of fused-ring (bicyclic) bond motifs is 1. The number of benzodiazepines with no additional fused rings is 1. The molecule has 0 aliphatic carbocycles. The Bertz CT molecular complexity index is 731. The van der Waals surface area contributed by atoms with Gasteiger partial charge in [0.25, 0.3) is 0 Å². The molecule has 1 heterocycles. The molecule has 3 rings (SSSR count). The molecule has 0 saturated heterocycles. The zero-order chi connectivity index (χ0) is 14.1. The van der Waals surface area contributed by atoms with E-state index in [0.29, 0.717) is 27.5 Å². The summed E-state index contributed by atoms with van der Waals surface area (Å²) in [5.74, 6) is -0.619. The fraction of sp³-hybridized carbons (Fsp3) is 0.0667. The van der Waals surface area contributed by atoms with E-state index in [2.05, 4.69) is 10.3 Å². The van der Waals surface area contributed by atoms with Crippen molar-refractivity contribution < 1.29 is 9.18 Å². The first-order chi connectivity index (χ1) is 9.65. The molecule has 1 amide bonds. The standard InChI is InChI=1S/C15H10ClFN2O.ClH/c16-9-5-6-13-11(7-9)15(18-8-14(20)19-13)10-3-1-2-4-12(10)17;/h1-7H,8H2,(H,19,20);1H. The molecule has 0 saturated carbocycles. The molecule has 1 aliphatic heterocycles. The van der Waals surface area contributed by atoms with Crippen LogP contribution in [0.1, 0.15) is 11.1 Å². The third-order valence-corrected chi connectivity index (χ3v) is 3.26. The average molecular weight is 325 g/mol. The van der Waals surface area contributed by atoms with E-state index in [1.807, 2.05) is 0 Å². The number of nitrogens with zero attached hydrogens (tertiary/aromatic N) is 1. The third-order valence-electron chi connectivity index (χ3n) is 3.02. The SMILES string of the molecule is Cl.O=C1CN=C(c2ccccc2F)c2cc(Cl)ccc2N1. The van der Waals surface area contributed by atoms with Gasteiger partial charge in [0.2, 0.25) is 5.91 Å². The number of carbonyl (C=O) groups excluding carboxylic acids is 1. The van der Waals surface area contributed by atoms with Crippen LogP contribution in [-0.4, -0.2) is 18.2 Å². The first-order valence-corrected chi connectivity index (χ1v) is 6.42. The number of nitrogens with one attached hydrogen (secondary N) is 1. The van der Waals surface area contributed by atoms with Gasteiger partial charge in [0.15, 0.2) is 0 Å². The number of carbonyl (C=O) groups is 1. The molecule has 2 aromatic carbocycles. The Hall–Kier alpha value is -1.91. The van der Waals surface area contributed by atoms with Gasteiger partial charge in [-0.05, 0) is 30.3 Å². The van der Waals surface area contributed by atoms with Crippen molar-refractivity contribution in [1.82, 2.24) is 0 Å². The smallest absolute Gasteiger partial charge is 0.246 e. The van der Waals surface area contributed by atoms with Crippen LogP contribution < -0.4 is 5.32 Å². The minimum absolute atomic E-state index is 0. The van der Waals surface area contributed by atoms with Gasteiger partial charge in [0, 0.05) is 16.1 Å². The predicted octanol–water partition coefficient (Wildman–Crippen LogP) is 3.69. The van der Waals surface area contributed by atoms with Crippen LogP contribution >= 0.6 is 24.0 Å². The lowest BCUT2D eigenvalue weighted by Gasteiger charge is -2.11. The molecule has 0 fully saturated rings. The molecule has 6 heteroatoms. The van der Waals surface area contributed by atoms with Crippen LogP contribution in [0.4, 0.5) is 10.1 Å². The zero-order valence-electron chi connectivity index (χ0n) is 10.8. The molecule has 0 unspecified atom stereocenters. The highest BCUT2D eigenvalue weighted by Gasteiger charge is 2.20. The summed E-state index contributed by atoms with van der Waals surface area (Å²) in [6, 6.07) is 11.4. The summed E-state index contributed by atoms with van der Waals surface area (Å²) in [5, 5.41) is 3.24. The van der Waals surface area contributed by atoms with Crippen molar-refractivity contribution in [1.29, 1.82) is 0 Å². The van der Waals surface area contributed by atoms with Crippen LogP contribution in [0.2, 0.25) is 5.02 Å². The van der Waals surface area contributed by atoms with Gasteiger partial charge in [0.05, 0.1) is 11.4 Å². The van der Waals surface area contributed by atoms with Crippen LogP contribution in [-0.2, 0) is 4.79 Å². The predicted molar refractivity (Wildman–Crippen MR) is 84.2 cm³/mol.